The lowest BCUT2D eigenvalue weighted by Gasteiger charge is -2.32. The molecule has 0 aromatic rings. The minimum Gasteiger partial charge on any atom is -0.314 e. The van der Waals surface area contributed by atoms with Crippen molar-refractivity contribution in [2.45, 2.75) is 39.2 Å². The molecule has 1 aliphatic heterocycles. The van der Waals surface area contributed by atoms with Gasteiger partial charge in [0.15, 0.2) is 0 Å². The van der Waals surface area contributed by atoms with Crippen LogP contribution in [0.5, 0.6) is 0 Å². The maximum absolute atomic E-state index is 12.2. The molecular formula is C11H22F2N2. The normalized spacial score (nSPS) is 24.0. The second-order valence-electron chi connectivity index (χ2n) is 4.72. The minimum atomic E-state index is -2.19. The molecule has 1 saturated heterocycles. The number of nitrogens with one attached hydrogen (secondary N) is 1. The number of hydrogen-bond donors (Lipinski definition) is 1. The average Bonchev–Trinajstić information content (AvgIpc) is 2.14. The largest absolute Gasteiger partial charge is 0.314 e. The summed E-state index contributed by atoms with van der Waals surface area (Å²) in [6.45, 7) is 6.78. The third kappa shape index (κ3) is 5.42. The minimum absolute atomic E-state index is 0.0574. The van der Waals surface area contributed by atoms with Gasteiger partial charge in [0, 0.05) is 12.6 Å². The zero-order valence-corrected chi connectivity index (χ0v) is 9.68. The van der Waals surface area contributed by atoms with Crippen LogP contribution in [-0.4, -0.2) is 43.5 Å². The van der Waals surface area contributed by atoms with Gasteiger partial charge in [0.1, 0.15) is 0 Å². The van der Waals surface area contributed by atoms with Crippen molar-refractivity contribution in [3.05, 3.63) is 0 Å². The van der Waals surface area contributed by atoms with E-state index in [1.165, 1.54) is 6.42 Å². The van der Waals surface area contributed by atoms with E-state index in [1.807, 2.05) is 4.90 Å². The monoisotopic (exact) mass is 220 g/mol. The summed E-state index contributed by atoms with van der Waals surface area (Å²) in [5, 5.41) is 3.37. The Kier molecular flexibility index (Phi) is 5.47. The molecule has 0 bridgehead atoms. The van der Waals surface area contributed by atoms with Crippen LogP contribution < -0.4 is 5.32 Å². The Balaban J connectivity index is 2.23. The SMILES string of the molecule is CC(C)NCC1CCCN(CC(F)F)C1. The molecule has 4 heteroatoms. The van der Waals surface area contributed by atoms with Gasteiger partial charge in [0.05, 0.1) is 6.54 Å². The van der Waals surface area contributed by atoms with Crippen molar-refractivity contribution < 1.29 is 8.78 Å². The van der Waals surface area contributed by atoms with Crippen molar-refractivity contribution in [1.29, 1.82) is 0 Å². The fourth-order valence-corrected chi connectivity index (χ4v) is 2.08. The first kappa shape index (κ1) is 12.8. The van der Waals surface area contributed by atoms with Crippen LogP contribution in [0.3, 0.4) is 0 Å². The van der Waals surface area contributed by atoms with E-state index >= 15 is 0 Å². The Labute approximate surface area is 91.0 Å². The van der Waals surface area contributed by atoms with Crippen LogP contribution in [0.4, 0.5) is 8.78 Å². The summed E-state index contributed by atoms with van der Waals surface area (Å²) in [5.74, 6) is 0.542. The Morgan fingerprint density at radius 2 is 2.13 bits per heavy atom. The molecule has 2 nitrogen and oxygen atoms in total. The zero-order valence-electron chi connectivity index (χ0n) is 9.68. The highest BCUT2D eigenvalue weighted by molar-refractivity contribution is 4.75. The maximum atomic E-state index is 12.2. The molecule has 0 spiro atoms. The lowest BCUT2D eigenvalue weighted by atomic mass is 9.98. The van der Waals surface area contributed by atoms with Gasteiger partial charge in [-0.25, -0.2) is 8.78 Å². The maximum Gasteiger partial charge on any atom is 0.251 e. The highest BCUT2D eigenvalue weighted by Crippen LogP contribution is 2.16. The first-order chi connectivity index (χ1) is 7.08. The highest BCUT2D eigenvalue weighted by Gasteiger charge is 2.21. The number of likely N-dealkylation sites (tertiary alicyclic amines) is 1. The Morgan fingerprint density at radius 3 is 2.73 bits per heavy atom. The number of rotatable bonds is 5. The van der Waals surface area contributed by atoms with Crippen LogP contribution in [0.1, 0.15) is 26.7 Å². The molecule has 1 aliphatic rings. The van der Waals surface area contributed by atoms with Crippen molar-refractivity contribution >= 4 is 0 Å². The van der Waals surface area contributed by atoms with E-state index in [0.29, 0.717) is 12.0 Å². The quantitative estimate of drug-likeness (QED) is 0.762. The van der Waals surface area contributed by atoms with Gasteiger partial charge < -0.3 is 5.32 Å². The van der Waals surface area contributed by atoms with Crippen molar-refractivity contribution in [2.24, 2.45) is 5.92 Å². The van der Waals surface area contributed by atoms with E-state index in [9.17, 15) is 8.78 Å². The van der Waals surface area contributed by atoms with Gasteiger partial charge in [-0.1, -0.05) is 13.8 Å². The van der Waals surface area contributed by atoms with E-state index < -0.39 is 6.43 Å². The third-order valence-corrected chi connectivity index (χ3v) is 2.81. The van der Waals surface area contributed by atoms with Gasteiger partial charge in [-0.05, 0) is 31.8 Å². The molecule has 15 heavy (non-hydrogen) atoms. The average molecular weight is 220 g/mol. The predicted molar refractivity (Wildman–Crippen MR) is 58.3 cm³/mol. The van der Waals surface area contributed by atoms with Gasteiger partial charge in [-0.15, -0.1) is 0 Å². The Hall–Kier alpha value is -0.220. The van der Waals surface area contributed by atoms with Gasteiger partial charge in [0.2, 0.25) is 0 Å². The van der Waals surface area contributed by atoms with E-state index in [-0.39, 0.29) is 6.54 Å². The molecule has 1 rings (SSSR count). The van der Waals surface area contributed by atoms with Crippen LogP contribution in [0.15, 0.2) is 0 Å². The van der Waals surface area contributed by atoms with Gasteiger partial charge in [-0.3, -0.25) is 4.90 Å². The summed E-state index contributed by atoms with van der Waals surface area (Å²) in [6.07, 6.45) is 0.0261. The summed E-state index contributed by atoms with van der Waals surface area (Å²) in [5.41, 5.74) is 0. The molecule has 0 aliphatic carbocycles. The van der Waals surface area contributed by atoms with Crippen molar-refractivity contribution in [3.8, 4) is 0 Å². The summed E-state index contributed by atoms with van der Waals surface area (Å²) in [6, 6.07) is 0.482. The van der Waals surface area contributed by atoms with Gasteiger partial charge >= 0.3 is 0 Å². The topological polar surface area (TPSA) is 15.3 Å². The smallest absolute Gasteiger partial charge is 0.251 e. The molecule has 90 valence electrons. The summed E-state index contributed by atoms with van der Waals surface area (Å²) < 4.78 is 24.4. The van der Waals surface area contributed by atoms with E-state index in [2.05, 4.69) is 19.2 Å². The fourth-order valence-electron chi connectivity index (χ4n) is 2.08. The molecule has 1 atom stereocenters. The van der Waals surface area contributed by atoms with E-state index in [0.717, 1.165) is 26.1 Å². The molecule has 0 amide bonds. The second-order valence-corrected chi connectivity index (χ2v) is 4.72. The number of hydrogen-bond acceptors (Lipinski definition) is 2. The third-order valence-electron chi connectivity index (χ3n) is 2.81. The fraction of sp³-hybridized carbons (Fsp3) is 1.00. The molecule has 1 N–H and O–H groups in total. The molecule has 0 aromatic heterocycles. The van der Waals surface area contributed by atoms with E-state index in [1.54, 1.807) is 0 Å². The molecule has 0 aromatic carbocycles. The molecular weight excluding hydrogens is 198 g/mol. The highest BCUT2D eigenvalue weighted by atomic mass is 19.3. The Morgan fingerprint density at radius 1 is 1.40 bits per heavy atom. The number of alkyl halides is 2. The van der Waals surface area contributed by atoms with Gasteiger partial charge in [-0.2, -0.15) is 0 Å². The second kappa shape index (κ2) is 6.38. The summed E-state index contributed by atoms with van der Waals surface area (Å²) in [4.78, 5) is 1.89. The molecule has 1 heterocycles. The number of halogens is 2. The van der Waals surface area contributed by atoms with Crippen LogP contribution in [0.2, 0.25) is 0 Å². The predicted octanol–water partition coefficient (Wildman–Crippen LogP) is 1.96. The van der Waals surface area contributed by atoms with Crippen LogP contribution in [-0.2, 0) is 0 Å². The summed E-state index contributed by atoms with van der Waals surface area (Å²) >= 11 is 0. The number of nitrogens with zero attached hydrogens (tertiary/aromatic N) is 1. The first-order valence-corrected chi connectivity index (χ1v) is 5.82. The van der Waals surface area contributed by atoms with Crippen LogP contribution >= 0.6 is 0 Å². The summed E-state index contributed by atoms with van der Waals surface area (Å²) in [7, 11) is 0. The molecule has 0 saturated carbocycles. The standard InChI is InChI=1S/C11H22F2N2/c1-9(2)14-6-10-4-3-5-15(7-10)8-11(12)13/h9-11,14H,3-8H2,1-2H3. The van der Waals surface area contributed by atoms with E-state index in [4.69, 9.17) is 0 Å². The lowest BCUT2D eigenvalue weighted by molar-refractivity contribution is 0.0645. The van der Waals surface area contributed by atoms with Crippen molar-refractivity contribution in [2.75, 3.05) is 26.2 Å². The van der Waals surface area contributed by atoms with Crippen molar-refractivity contribution in [1.82, 2.24) is 10.2 Å². The first-order valence-electron chi connectivity index (χ1n) is 5.82. The number of piperidine rings is 1. The van der Waals surface area contributed by atoms with Crippen molar-refractivity contribution in [3.63, 3.8) is 0 Å². The molecule has 1 unspecified atom stereocenters. The molecule has 1 fully saturated rings. The lowest BCUT2D eigenvalue weighted by Crippen LogP contribution is -2.42. The van der Waals surface area contributed by atoms with Crippen LogP contribution in [0.25, 0.3) is 0 Å². The zero-order chi connectivity index (χ0) is 11.3. The van der Waals surface area contributed by atoms with Crippen LogP contribution in [0, 0.1) is 5.92 Å². The molecule has 0 radical (unpaired) electrons. The van der Waals surface area contributed by atoms with Gasteiger partial charge in [0.25, 0.3) is 6.43 Å². The Bertz CT molecular complexity index is 174.